The number of hydrogen-bond donors (Lipinski definition) is 0. The maximum Gasteiger partial charge on any atom is 0.130 e. The van der Waals surface area contributed by atoms with Gasteiger partial charge in [0.1, 0.15) is 22.4 Å². The maximum atomic E-state index is 10.8. The molecule has 0 amide bonds. The van der Waals surface area contributed by atoms with Crippen molar-refractivity contribution in [3.63, 3.8) is 0 Å². The highest BCUT2D eigenvalue weighted by molar-refractivity contribution is 8.35. The highest BCUT2D eigenvalue weighted by atomic mass is 32.8. The molecule has 1 atom stereocenters. The van der Waals surface area contributed by atoms with Crippen molar-refractivity contribution in [2.75, 3.05) is 0 Å². The minimum atomic E-state index is -0.721. The fourth-order valence-electron chi connectivity index (χ4n) is 1.20. The fourth-order valence-corrected chi connectivity index (χ4v) is 3.86. The molecule has 0 fully saturated rings. The average Bonchev–Trinajstić information content (AvgIpc) is 2.56. The highest BCUT2D eigenvalue weighted by Gasteiger charge is 2.21. The van der Waals surface area contributed by atoms with Gasteiger partial charge in [-0.2, -0.15) is 10.5 Å². The summed E-state index contributed by atoms with van der Waals surface area (Å²) < 4.78 is 10.8. The Balaban J connectivity index is 3.24. The molecular formula is C9H8N2OS2. The summed E-state index contributed by atoms with van der Waals surface area (Å²) in [5.74, 6) is 0. The Bertz CT molecular complexity index is 456. The quantitative estimate of drug-likeness (QED) is 0.717. The molecule has 1 rings (SSSR count). The lowest BCUT2D eigenvalue weighted by Gasteiger charge is -2.01. The van der Waals surface area contributed by atoms with Crippen LogP contribution in [-0.4, -0.2) is 4.21 Å². The SMILES string of the molecule is CCCC1=C(C#N)C=C(C#N)S1=S=O. The Morgan fingerprint density at radius 2 is 2.21 bits per heavy atom. The Hall–Kier alpha value is -1.17. The van der Waals surface area contributed by atoms with Gasteiger partial charge in [0.25, 0.3) is 0 Å². The highest BCUT2D eigenvalue weighted by Crippen LogP contribution is 2.29. The molecule has 1 unspecified atom stereocenters. The number of nitrogens with zero attached hydrogens (tertiary/aromatic N) is 2. The van der Waals surface area contributed by atoms with Crippen molar-refractivity contribution < 1.29 is 4.21 Å². The van der Waals surface area contributed by atoms with Crippen LogP contribution in [0.1, 0.15) is 19.8 Å². The molecule has 0 aromatic carbocycles. The normalized spacial score (nSPS) is 19.9. The summed E-state index contributed by atoms with van der Waals surface area (Å²) in [6.45, 7) is 1.99. The Labute approximate surface area is 88.0 Å². The topological polar surface area (TPSA) is 64.7 Å². The number of allylic oxidation sites excluding steroid dienone is 4. The molecule has 14 heavy (non-hydrogen) atoms. The van der Waals surface area contributed by atoms with Crippen LogP contribution >= 0.6 is 0 Å². The molecule has 72 valence electrons. The minimum Gasteiger partial charge on any atom is -0.205 e. The third-order valence-electron chi connectivity index (χ3n) is 1.78. The van der Waals surface area contributed by atoms with E-state index in [9.17, 15) is 4.21 Å². The van der Waals surface area contributed by atoms with Crippen molar-refractivity contribution in [3.05, 3.63) is 21.5 Å². The van der Waals surface area contributed by atoms with Crippen LogP contribution in [0.5, 0.6) is 0 Å². The van der Waals surface area contributed by atoms with E-state index in [0.717, 1.165) is 17.7 Å². The van der Waals surface area contributed by atoms with Crippen LogP contribution in [0.25, 0.3) is 0 Å². The van der Waals surface area contributed by atoms with Gasteiger partial charge in [0.05, 0.1) is 10.5 Å². The van der Waals surface area contributed by atoms with Crippen molar-refractivity contribution in [3.8, 4) is 12.1 Å². The van der Waals surface area contributed by atoms with Crippen molar-refractivity contribution in [2.24, 2.45) is 0 Å². The first kappa shape index (κ1) is 10.9. The molecule has 1 aliphatic heterocycles. The summed E-state index contributed by atoms with van der Waals surface area (Å²) in [6.07, 6.45) is 3.15. The first-order valence-corrected chi connectivity index (χ1v) is 6.56. The van der Waals surface area contributed by atoms with Crippen molar-refractivity contribution in [1.29, 1.82) is 10.5 Å². The van der Waals surface area contributed by atoms with Gasteiger partial charge < -0.3 is 0 Å². The molecule has 3 nitrogen and oxygen atoms in total. The first-order valence-electron chi connectivity index (χ1n) is 4.08. The molecule has 1 aliphatic rings. The Morgan fingerprint density at radius 1 is 1.50 bits per heavy atom. The summed E-state index contributed by atoms with van der Waals surface area (Å²) in [4.78, 5) is 1.27. The van der Waals surface area contributed by atoms with E-state index in [2.05, 4.69) is 0 Å². The summed E-state index contributed by atoms with van der Waals surface area (Å²) in [7, 11) is -0.311. The third-order valence-corrected chi connectivity index (χ3v) is 4.94. The molecule has 0 spiro atoms. The van der Waals surface area contributed by atoms with Gasteiger partial charge in [-0.1, -0.05) is 13.3 Å². The van der Waals surface area contributed by atoms with E-state index in [1.165, 1.54) is 0 Å². The lowest BCUT2D eigenvalue weighted by Crippen LogP contribution is -1.92. The zero-order valence-electron chi connectivity index (χ0n) is 7.61. The predicted octanol–water partition coefficient (Wildman–Crippen LogP) is 1.73. The molecule has 0 saturated carbocycles. The second kappa shape index (κ2) is 4.90. The molecule has 0 aromatic heterocycles. The van der Waals surface area contributed by atoms with Gasteiger partial charge in [-0.15, -0.1) is 0 Å². The molecule has 0 saturated heterocycles. The molecule has 5 heteroatoms. The molecule has 0 aliphatic carbocycles. The lowest BCUT2D eigenvalue weighted by molar-refractivity contribution is 0.701. The standard InChI is InChI=1S/C9H8N2OS2/c1-2-3-9-7(5-10)4-8(6-11)14(9)13-12/h4H,2-3H2,1H3. The van der Waals surface area contributed by atoms with E-state index < -0.39 is 9.45 Å². The fraction of sp³-hybridized carbons (Fsp3) is 0.333. The van der Waals surface area contributed by atoms with Crippen LogP contribution in [0, 0.1) is 22.7 Å². The van der Waals surface area contributed by atoms with Crippen LogP contribution in [0.15, 0.2) is 21.5 Å². The van der Waals surface area contributed by atoms with Crippen molar-refractivity contribution >= 4 is 19.7 Å². The van der Waals surface area contributed by atoms with Crippen LogP contribution in [0.2, 0.25) is 0 Å². The molecule has 0 radical (unpaired) electrons. The van der Waals surface area contributed by atoms with Gasteiger partial charge in [-0.3, -0.25) is 0 Å². The average molecular weight is 224 g/mol. The maximum absolute atomic E-state index is 10.8. The van der Waals surface area contributed by atoms with Crippen LogP contribution in [-0.2, 0) is 19.7 Å². The Kier molecular flexibility index (Phi) is 3.82. The molecular weight excluding hydrogens is 216 g/mol. The van der Waals surface area contributed by atoms with E-state index in [1.54, 1.807) is 6.08 Å². The summed E-state index contributed by atoms with van der Waals surface area (Å²) >= 11 is 0. The summed E-state index contributed by atoms with van der Waals surface area (Å²) in [6, 6.07) is 4.01. The van der Waals surface area contributed by atoms with Gasteiger partial charge in [0, 0.05) is 4.91 Å². The molecule has 0 bridgehead atoms. The van der Waals surface area contributed by atoms with Gasteiger partial charge in [0.15, 0.2) is 0 Å². The van der Waals surface area contributed by atoms with Gasteiger partial charge in [0.2, 0.25) is 0 Å². The van der Waals surface area contributed by atoms with Gasteiger partial charge in [-0.05, 0) is 22.0 Å². The zero-order valence-corrected chi connectivity index (χ0v) is 9.24. The van der Waals surface area contributed by atoms with Crippen molar-refractivity contribution in [1.82, 2.24) is 0 Å². The number of hydrogen-bond acceptors (Lipinski definition) is 3. The molecule has 0 N–H and O–H groups in total. The predicted molar refractivity (Wildman–Crippen MR) is 56.8 cm³/mol. The number of rotatable bonds is 2. The second-order valence-corrected chi connectivity index (χ2v) is 5.67. The van der Waals surface area contributed by atoms with Crippen molar-refractivity contribution in [2.45, 2.75) is 19.8 Å². The van der Waals surface area contributed by atoms with Crippen LogP contribution in [0.3, 0.4) is 0 Å². The summed E-state index contributed by atoms with van der Waals surface area (Å²) in [5.41, 5.74) is 0.509. The van der Waals surface area contributed by atoms with E-state index >= 15 is 0 Å². The first-order chi connectivity index (χ1) is 6.78. The van der Waals surface area contributed by atoms with Gasteiger partial charge in [-0.25, -0.2) is 4.21 Å². The zero-order chi connectivity index (χ0) is 10.6. The van der Waals surface area contributed by atoms with E-state index in [4.69, 9.17) is 10.5 Å². The lowest BCUT2D eigenvalue weighted by atomic mass is 10.2. The van der Waals surface area contributed by atoms with Gasteiger partial charge >= 0.3 is 0 Å². The monoisotopic (exact) mass is 224 g/mol. The largest absolute Gasteiger partial charge is 0.205 e. The molecule has 0 aromatic rings. The third kappa shape index (κ3) is 1.84. The van der Waals surface area contributed by atoms with Crippen LogP contribution in [0.4, 0.5) is 0 Å². The smallest absolute Gasteiger partial charge is 0.130 e. The van der Waals surface area contributed by atoms with E-state index in [1.807, 2.05) is 19.1 Å². The van der Waals surface area contributed by atoms with E-state index in [-0.39, 0.29) is 0 Å². The molecule has 1 heterocycles. The second-order valence-electron chi connectivity index (χ2n) is 2.66. The van der Waals surface area contributed by atoms with Crippen LogP contribution < -0.4 is 0 Å². The number of nitriles is 2. The minimum absolute atomic E-state index is 0.410. The van der Waals surface area contributed by atoms with E-state index in [0.29, 0.717) is 20.7 Å². The summed E-state index contributed by atoms with van der Waals surface area (Å²) in [5, 5.41) is 17.6. The Morgan fingerprint density at radius 3 is 2.64 bits per heavy atom.